The molecule has 4 rings (SSSR count). The van der Waals surface area contributed by atoms with Gasteiger partial charge in [-0.25, -0.2) is 9.37 Å². The molecule has 0 saturated carbocycles. The molecule has 2 aromatic rings. The number of nitrogens with one attached hydrogen (secondary N) is 1. The zero-order chi connectivity index (χ0) is 21.4. The molecule has 0 spiro atoms. The van der Waals surface area contributed by atoms with Gasteiger partial charge < -0.3 is 15.1 Å². The van der Waals surface area contributed by atoms with Crippen LogP contribution < -0.4 is 10.2 Å². The summed E-state index contributed by atoms with van der Waals surface area (Å²) in [5, 5.41) is 2.80. The Hall–Kier alpha value is -2.96. The van der Waals surface area contributed by atoms with E-state index in [1.807, 2.05) is 27.0 Å². The molecule has 1 N–H and O–H groups in total. The van der Waals surface area contributed by atoms with Gasteiger partial charge in [0.1, 0.15) is 11.6 Å². The topological polar surface area (TPSA) is 65.5 Å². The number of pyridine rings is 1. The molecular weight excluding hydrogens is 383 g/mol. The highest BCUT2D eigenvalue weighted by Gasteiger charge is 2.34. The number of amides is 2. The van der Waals surface area contributed by atoms with Crippen LogP contribution in [0.25, 0.3) is 0 Å². The Morgan fingerprint density at radius 2 is 1.90 bits per heavy atom. The van der Waals surface area contributed by atoms with Crippen molar-refractivity contribution in [3.8, 4) is 0 Å². The second-order valence-corrected chi connectivity index (χ2v) is 8.37. The Balaban J connectivity index is 1.45. The van der Waals surface area contributed by atoms with E-state index in [2.05, 4.69) is 21.3 Å². The summed E-state index contributed by atoms with van der Waals surface area (Å²) < 4.78 is 14.8. The van der Waals surface area contributed by atoms with Crippen molar-refractivity contribution < 1.29 is 14.0 Å². The molecule has 0 bridgehead atoms. The molecule has 0 aliphatic carbocycles. The molecule has 0 radical (unpaired) electrons. The van der Waals surface area contributed by atoms with E-state index in [-0.39, 0.29) is 29.2 Å². The van der Waals surface area contributed by atoms with Crippen LogP contribution in [0.1, 0.15) is 39.9 Å². The van der Waals surface area contributed by atoms with Crippen molar-refractivity contribution >= 4 is 17.6 Å². The first-order valence-electron chi connectivity index (χ1n) is 10.4. The number of nitrogens with zero attached hydrogens (tertiary/aromatic N) is 3. The second kappa shape index (κ2) is 8.05. The van der Waals surface area contributed by atoms with Crippen LogP contribution in [0.3, 0.4) is 0 Å². The van der Waals surface area contributed by atoms with Crippen LogP contribution in [0.2, 0.25) is 0 Å². The summed E-state index contributed by atoms with van der Waals surface area (Å²) >= 11 is 0. The number of halogens is 1. The molecule has 1 aromatic carbocycles. The van der Waals surface area contributed by atoms with Crippen molar-refractivity contribution in [2.75, 3.05) is 37.6 Å². The first-order chi connectivity index (χ1) is 14.3. The minimum absolute atomic E-state index is 0.0582. The Bertz CT molecular complexity index is 985. The lowest BCUT2D eigenvalue weighted by Crippen LogP contribution is -2.49. The van der Waals surface area contributed by atoms with Gasteiger partial charge in [-0.2, -0.15) is 0 Å². The molecule has 1 aromatic heterocycles. The van der Waals surface area contributed by atoms with Gasteiger partial charge in [-0.15, -0.1) is 0 Å². The van der Waals surface area contributed by atoms with Gasteiger partial charge in [0.05, 0.1) is 11.5 Å². The summed E-state index contributed by atoms with van der Waals surface area (Å²) in [6, 6.07) is 6.67. The molecule has 1 unspecified atom stereocenters. The van der Waals surface area contributed by atoms with Crippen molar-refractivity contribution in [2.24, 2.45) is 5.92 Å². The highest BCUT2D eigenvalue weighted by molar-refractivity contribution is 5.95. The predicted molar refractivity (Wildman–Crippen MR) is 113 cm³/mol. The van der Waals surface area contributed by atoms with Gasteiger partial charge in [-0.05, 0) is 48.6 Å². The van der Waals surface area contributed by atoms with Gasteiger partial charge in [0, 0.05) is 38.9 Å². The molecule has 2 aliphatic heterocycles. The normalized spacial score (nSPS) is 21.7. The van der Waals surface area contributed by atoms with Gasteiger partial charge in [0.2, 0.25) is 5.91 Å². The highest BCUT2D eigenvalue weighted by Crippen LogP contribution is 2.30. The van der Waals surface area contributed by atoms with E-state index in [9.17, 15) is 14.0 Å². The Morgan fingerprint density at radius 3 is 2.50 bits per heavy atom. The number of aromatic nitrogens is 1. The van der Waals surface area contributed by atoms with E-state index in [1.165, 1.54) is 12.1 Å². The van der Waals surface area contributed by atoms with E-state index < -0.39 is 5.82 Å². The quantitative estimate of drug-likeness (QED) is 0.845. The zero-order valence-corrected chi connectivity index (χ0v) is 17.6. The molecule has 158 valence electrons. The number of hydrogen-bond donors (Lipinski definition) is 1. The number of anilines is 1. The largest absolute Gasteiger partial charge is 0.355 e. The standard InChI is InChI=1S/C23H27FN4O2/c1-14-10-15(2)21(25-12-14)27-6-8-28(9-7-27)23(30)18-5-4-17(11-19(18)24)20-16(3)13-26-22(20)29/h4-5,10-12,16,20H,6-9,13H2,1-3H3,(H,26,29)/t16?,20-/m1/s1. The zero-order valence-electron chi connectivity index (χ0n) is 17.6. The third-order valence-corrected chi connectivity index (χ3v) is 6.09. The molecule has 3 heterocycles. The summed E-state index contributed by atoms with van der Waals surface area (Å²) in [6.07, 6.45) is 1.85. The molecule has 30 heavy (non-hydrogen) atoms. The van der Waals surface area contributed by atoms with Gasteiger partial charge in [-0.1, -0.05) is 19.1 Å². The van der Waals surface area contributed by atoms with E-state index in [0.717, 1.165) is 16.9 Å². The summed E-state index contributed by atoms with van der Waals surface area (Å²) in [4.78, 5) is 33.3. The average Bonchev–Trinajstić information content (AvgIpc) is 3.06. The number of carbonyl (C=O) groups is 2. The summed E-state index contributed by atoms with van der Waals surface area (Å²) in [5.41, 5.74) is 2.91. The number of carbonyl (C=O) groups excluding carboxylic acids is 2. The van der Waals surface area contributed by atoms with Gasteiger partial charge in [0.25, 0.3) is 5.91 Å². The maximum Gasteiger partial charge on any atom is 0.256 e. The maximum atomic E-state index is 14.8. The fourth-order valence-electron chi connectivity index (χ4n) is 4.46. The van der Waals surface area contributed by atoms with E-state index in [1.54, 1.807) is 11.0 Å². The van der Waals surface area contributed by atoms with Crippen molar-refractivity contribution in [2.45, 2.75) is 26.7 Å². The van der Waals surface area contributed by atoms with Crippen LogP contribution >= 0.6 is 0 Å². The summed E-state index contributed by atoms with van der Waals surface area (Å²) in [6.45, 7) is 8.93. The lowest BCUT2D eigenvalue weighted by molar-refractivity contribution is -0.120. The van der Waals surface area contributed by atoms with Crippen molar-refractivity contribution in [3.63, 3.8) is 0 Å². The number of aryl methyl sites for hydroxylation is 2. The highest BCUT2D eigenvalue weighted by atomic mass is 19.1. The molecular formula is C23H27FN4O2. The number of rotatable bonds is 3. The number of hydrogen-bond acceptors (Lipinski definition) is 4. The van der Waals surface area contributed by atoms with Crippen LogP contribution in [-0.4, -0.2) is 54.4 Å². The number of piperazine rings is 1. The van der Waals surface area contributed by atoms with Gasteiger partial charge >= 0.3 is 0 Å². The van der Waals surface area contributed by atoms with Gasteiger partial charge in [-0.3, -0.25) is 9.59 Å². The third kappa shape index (κ3) is 3.76. The minimum Gasteiger partial charge on any atom is -0.355 e. The fraction of sp³-hybridized carbons (Fsp3) is 0.435. The first kappa shape index (κ1) is 20.3. The van der Waals surface area contributed by atoms with Crippen LogP contribution in [0.15, 0.2) is 30.5 Å². The Labute approximate surface area is 176 Å². The van der Waals surface area contributed by atoms with Crippen LogP contribution in [0.4, 0.5) is 10.2 Å². The van der Waals surface area contributed by atoms with Crippen molar-refractivity contribution in [1.29, 1.82) is 0 Å². The predicted octanol–water partition coefficient (Wildman–Crippen LogP) is 2.65. The Morgan fingerprint density at radius 1 is 1.17 bits per heavy atom. The van der Waals surface area contributed by atoms with E-state index in [4.69, 9.17) is 0 Å². The molecule has 2 amide bonds. The monoisotopic (exact) mass is 410 g/mol. The number of benzene rings is 1. The summed E-state index contributed by atoms with van der Waals surface area (Å²) in [5.74, 6) is -0.286. The van der Waals surface area contributed by atoms with Crippen molar-refractivity contribution in [1.82, 2.24) is 15.2 Å². The Kier molecular flexibility index (Phi) is 5.45. The van der Waals surface area contributed by atoms with Gasteiger partial charge in [0.15, 0.2) is 0 Å². The van der Waals surface area contributed by atoms with Crippen LogP contribution in [0.5, 0.6) is 0 Å². The second-order valence-electron chi connectivity index (χ2n) is 8.37. The maximum absolute atomic E-state index is 14.8. The van der Waals surface area contributed by atoms with Crippen molar-refractivity contribution in [3.05, 3.63) is 58.5 Å². The smallest absolute Gasteiger partial charge is 0.256 e. The molecule has 2 aliphatic rings. The third-order valence-electron chi connectivity index (χ3n) is 6.09. The lowest BCUT2D eigenvalue weighted by Gasteiger charge is -2.36. The molecule has 6 nitrogen and oxygen atoms in total. The fourth-order valence-corrected chi connectivity index (χ4v) is 4.46. The van der Waals surface area contributed by atoms with Crippen LogP contribution in [0, 0.1) is 25.6 Å². The molecule has 2 fully saturated rings. The SMILES string of the molecule is Cc1cnc(N2CCN(C(=O)c3ccc([C@@H]4C(=O)NCC4C)cc3F)CC2)c(C)c1. The molecule has 2 atom stereocenters. The average molecular weight is 410 g/mol. The van der Waals surface area contributed by atoms with Crippen LogP contribution in [-0.2, 0) is 4.79 Å². The lowest BCUT2D eigenvalue weighted by atomic mass is 9.89. The first-order valence-corrected chi connectivity index (χ1v) is 10.4. The molecule has 2 saturated heterocycles. The summed E-state index contributed by atoms with van der Waals surface area (Å²) in [7, 11) is 0. The minimum atomic E-state index is -0.567. The molecule has 7 heteroatoms. The van der Waals surface area contributed by atoms with E-state index in [0.29, 0.717) is 38.3 Å². The van der Waals surface area contributed by atoms with E-state index >= 15 is 0 Å².